The molecule has 1 fully saturated rings. The van der Waals surface area contributed by atoms with Crippen molar-refractivity contribution in [1.82, 2.24) is 0 Å². The van der Waals surface area contributed by atoms with Crippen LogP contribution >= 0.6 is 0 Å². The van der Waals surface area contributed by atoms with E-state index in [1.165, 1.54) is 28.7 Å². The van der Waals surface area contributed by atoms with Gasteiger partial charge in [-0.05, 0) is 56.7 Å². The highest BCUT2D eigenvalue weighted by molar-refractivity contribution is 5.43. The van der Waals surface area contributed by atoms with Gasteiger partial charge in [0.1, 0.15) is 0 Å². The van der Waals surface area contributed by atoms with Gasteiger partial charge in [-0.3, -0.25) is 0 Å². The molecule has 2 N–H and O–H groups in total. The zero-order valence-electron chi connectivity index (χ0n) is 9.35. The molecular weight excluding hydrogens is 170 g/mol. The summed E-state index contributed by atoms with van der Waals surface area (Å²) in [6.07, 6.45) is 3.58. The van der Waals surface area contributed by atoms with Crippen LogP contribution in [0.1, 0.15) is 41.5 Å². The zero-order valence-corrected chi connectivity index (χ0v) is 9.35. The van der Waals surface area contributed by atoms with Gasteiger partial charge in [-0.1, -0.05) is 17.7 Å². The monoisotopic (exact) mass is 189 g/mol. The van der Waals surface area contributed by atoms with Gasteiger partial charge in [0.05, 0.1) is 0 Å². The molecule has 0 bridgehead atoms. The lowest BCUT2D eigenvalue weighted by Crippen LogP contribution is -2.44. The molecule has 1 heteroatoms. The van der Waals surface area contributed by atoms with Crippen molar-refractivity contribution in [1.29, 1.82) is 0 Å². The van der Waals surface area contributed by atoms with Crippen LogP contribution in [-0.4, -0.2) is 0 Å². The third kappa shape index (κ3) is 1.36. The molecule has 1 saturated carbocycles. The summed E-state index contributed by atoms with van der Waals surface area (Å²) in [4.78, 5) is 0. The van der Waals surface area contributed by atoms with Crippen LogP contribution in [0.3, 0.4) is 0 Å². The summed E-state index contributed by atoms with van der Waals surface area (Å²) >= 11 is 0. The topological polar surface area (TPSA) is 26.0 Å². The van der Waals surface area contributed by atoms with Crippen molar-refractivity contribution in [3.8, 4) is 0 Å². The predicted octanol–water partition coefficient (Wildman–Crippen LogP) is 2.95. The van der Waals surface area contributed by atoms with Crippen molar-refractivity contribution in [2.75, 3.05) is 0 Å². The lowest BCUT2D eigenvalue weighted by atomic mass is 9.70. The van der Waals surface area contributed by atoms with Crippen LogP contribution in [0.15, 0.2) is 12.1 Å². The van der Waals surface area contributed by atoms with Crippen molar-refractivity contribution < 1.29 is 0 Å². The molecule has 1 aliphatic rings. The molecule has 0 saturated heterocycles. The third-order valence-electron chi connectivity index (χ3n) is 3.42. The van der Waals surface area contributed by atoms with E-state index in [2.05, 4.69) is 32.9 Å². The van der Waals surface area contributed by atoms with Gasteiger partial charge < -0.3 is 5.73 Å². The lowest BCUT2D eigenvalue weighted by Gasteiger charge is -2.41. The fourth-order valence-corrected chi connectivity index (χ4v) is 2.77. The smallest absolute Gasteiger partial charge is 0.0414 e. The molecule has 76 valence electrons. The summed E-state index contributed by atoms with van der Waals surface area (Å²) in [6, 6.07) is 4.49. The van der Waals surface area contributed by atoms with Gasteiger partial charge in [-0.2, -0.15) is 0 Å². The molecule has 0 radical (unpaired) electrons. The summed E-state index contributed by atoms with van der Waals surface area (Å²) in [5.74, 6) is 0. The van der Waals surface area contributed by atoms with Gasteiger partial charge in [-0.15, -0.1) is 0 Å². The Kier molecular flexibility index (Phi) is 2.15. The fraction of sp³-hybridized carbons (Fsp3) is 0.538. The average Bonchev–Trinajstić information content (AvgIpc) is 1.99. The Labute approximate surface area is 86.3 Å². The van der Waals surface area contributed by atoms with Crippen molar-refractivity contribution in [3.63, 3.8) is 0 Å². The van der Waals surface area contributed by atoms with Crippen LogP contribution in [0.5, 0.6) is 0 Å². The van der Waals surface area contributed by atoms with Crippen LogP contribution in [-0.2, 0) is 5.54 Å². The van der Waals surface area contributed by atoms with Crippen LogP contribution < -0.4 is 5.73 Å². The number of benzene rings is 1. The van der Waals surface area contributed by atoms with Crippen molar-refractivity contribution >= 4 is 0 Å². The van der Waals surface area contributed by atoms with Crippen LogP contribution in [0.4, 0.5) is 0 Å². The summed E-state index contributed by atoms with van der Waals surface area (Å²) in [6.45, 7) is 6.51. The maximum absolute atomic E-state index is 6.38. The van der Waals surface area contributed by atoms with E-state index in [1.54, 1.807) is 0 Å². The van der Waals surface area contributed by atoms with E-state index >= 15 is 0 Å². The van der Waals surface area contributed by atoms with Gasteiger partial charge in [0.2, 0.25) is 0 Å². The van der Waals surface area contributed by atoms with Gasteiger partial charge in [0.25, 0.3) is 0 Å². The number of hydrogen-bond acceptors (Lipinski definition) is 1. The largest absolute Gasteiger partial charge is 0.321 e. The Balaban J connectivity index is 2.52. The zero-order chi connectivity index (χ0) is 10.3. The Bertz CT molecular complexity index is 338. The van der Waals surface area contributed by atoms with E-state index in [9.17, 15) is 0 Å². The van der Waals surface area contributed by atoms with Gasteiger partial charge in [0.15, 0.2) is 0 Å². The van der Waals surface area contributed by atoms with Crippen molar-refractivity contribution in [2.45, 2.75) is 45.6 Å². The molecule has 0 amide bonds. The van der Waals surface area contributed by atoms with E-state index in [4.69, 9.17) is 5.73 Å². The highest BCUT2D eigenvalue weighted by Gasteiger charge is 2.36. The second-order valence-electron chi connectivity index (χ2n) is 4.78. The molecule has 0 spiro atoms. The Hall–Kier alpha value is -0.820. The van der Waals surface area contributed by atoms with E-state index in [0.29, 0.717) is 0 Å². The minimum absolute atomic E-state index is 0.0120. The molecule has 1 aromatic carbocycles. The normalized spacial score (nSPS) is 19.1. The minimum Gasteiger partial charge on any atom is -0.321 e. The van der Waals surface area contributed by atoms with Crippen LogP contribution in [0, 0.1) is 20.8 Å². The quantitative estimate of drug-likeness (QED) is 0.722. The number of rotatable bonds is 1. The Morgan fingerprint density at radius 2 is 1.57 bits per heavy atom. The first-order valence-electron chi connectivity index (χ1n) is 5.40. The molecular formula is C13H19N. The second-order valence-corrected chi connectivity index (χ2v) is 4.78. The van der Waals surface area contributed by atoms with E-state index < -0.39 is 0 Å². The van der Waals surface area contributed by atoms with E-state index in [0.717, 1.165) is 12.8 Å². The molecule has 0 aliphatic heterocycles. The van der Waals surface area contributed by atoms with Crippen molar-refractivity contribution in [3.05, 3.63) is 34.4 Å². The molecule has 1 aromatic rings. The van der Waals surface area contributed by atoms with Crippen LogP contribution in [0.2, 0.25) is 0 Å². The van der Waals surface area contributed by atoms with Crippen LogP contribution in [0.25, 0.3) is 0 Å². The van der Waals surface area contributed by atoms with Gasteiger partial charge in [0, 0.05) is 5.54 Å². The molecule has 0 heterocycles. The number of nitrogens with two attached hydrogens (primary N) is 1. The maximum Gasteiger partial charge on any atom is 0.0414 e. The Morgan fingerprint density at radius 3 is 1.93 bits per heavy atom. The SMILES string of the molecule is Cc1cc(C)c(C2(N)CCC2)c(C)c1. The second kappa shape index (κ2) is 3.09. The molecule has 1 aliphatic carbocycles. The first-order chi connectivity index (χ1) is 6.53. The highest BCUT2D eigenvalue weighted by Crippen LogP contribution is 2.41. The van der Waals surface area contributed by atoms with E-state index in [1.807, 2.05) is 0 Å². The molecule has 14 heavy (non-hydrogen) atoms. The predicted molar refractivity (Wildman–Crippen MR) is 60.4 cm³/mol. The first-order valence-corrected chi connectivity index (χ1v) is 5.40. The van der Waals surface area contributed by atoms with Gasteiger partial charge in [-0.25, -0.2) is 0 Å². The van der Waals surface area contributed by atoms with Crippen molar-refractivity contribution in [2.24, 2.45) is 5.73 Å². The molecule has 0 unspecified atom stereocenters. The molecule has 2 rings (SSSR count). The van der Waals surface area contributed by atoms with Gasteiger partial charge >= 0.3 is 0 Å². The molecule has 1 nitrogen and oxygen atoms in total. The molecule has 0 atom stereocenters. The first kappa shape index (κ1) is 9.72. The average molecular weight is 189 g/mol. The minimum atomic E-state index is -0.0120. The standard InChI is InChI=1S/C13H19N/c1-9-7-10(2)12(11(3)8-9)13(14)5-4-6-13/h7-8H,4-6,14H2,1-3H3. The summed E-state index contributed by atoms with van der Waals surface area (Å²) < 4.78 is 0. The number of aryl methyl sites for hydroxylation is 3. The summed E-state index contributed by atoms with van der Waals surface area (Å²) in [7, 11) is 0. The Morgan fingerprint density at radius 1 is 1.07 bits per heavy atom. The highest BCUT2D eigenvalue weighted by atomic mass is 14.8. The van der Waals surface area contributed by atoms with E-state index in [-0.39, 0.29) is 5.54 Å². The maximum atomic E-state index is 6.38. The fourth-order valence-electron chi connectivity index (χ4n) is 2.77. The number of hydrogen-bond donors (Lipinski definition) is 1. The molecule has 0 aromatic heterocycles. The lowest BCUT2D eigenvalue weighted by molar-refractivity contribution is 0.251. The summed E-state index contributed by atoms with van der Waals surface area (Å²) in [5.41, 5.74) is 11.8. The third-order valence-corrected chi connectivity index (χ3v) is 3.42. The summed E-state index contributed by atoms with van der Waals surface area (Å²) in [5, 5.41) is 0.